The van der Waals surface area contributed by atoms with E-state index < -0.39 is 0 Å². The number of nitrogens with two attached hydrogens (primary N) is 1. The monoisotopic (exact) mass is 249 g/mol. The number of carbonyl (C=O) groups excluding carboxylic acids is 1. The number of anilines is 2. The van der Waals surface area contributed by atoms with Gasteiger partial charge in [0.1, 0.15) is 0 Å². The lowest BCUT2D eigenvalue weighted by Crippen LogP contribution is -2.44. The number of nitrogens with zero attached hydrogens (tertiary/aromatic N) is 1. The quantitative estimate of drug-likeness (QED) is 0.787. The maximum absolute atomic E-state index is 12.1. The number of likely N-dealkylation sites (N-methyl/N-ethyl adjacent to an activating group) is 1. The number of rotatable bonds is 5. The van der Waals surface area contributed by atoms with Gasteiger partial charge in [-0.3, -0.25) is 9.69 Å². The second-order valence-corrected chi connectivity index (χ2v) is 4.71. The van der Waals surface area contributed by atoms with E-state index in [2.05, 4.69) is 24.1 Å². The minimum atomic E-state index is -0.155. The van der Waals surface area contributed by atoms with E-state index in [-0.39, 0.29) is 11.9 Å². The minimum Gasteiger partial charge on any atom is -0.399 e. The van der Waals surface area contributed by atoms with E-state index in [4.69, 9.17) is 5.73 Å². The van der Waals surface area contributed by atoms with Crippen LogP contribution in [-0.4, -0.2) is 29.9 Å². The summed E-state index contributed by atoms with van der Waals surface area (Å²) in [5.41, 5.74) is 7.07. The first-order valence-corrected chi connectivity index (χ1v) is 6.34. The first-order chi connectivity index (χ1) is 8.45. The predicted octanol–water partition coefficient (Wildman–Crippen LogP) is 2.33. The van der Waals surface area contributed by atoms with E-state index in [0.29, 0.717) is 11.7 Å². The van der Waals surface area contributed by atoms with Crippen molar-refractivity contribution in [1.82, 2.24) is 4.90 Å². The average molecular weight is 249 g/mol. The molecule has 18 heavy (non-hydrogen) atoms. The van der Waals surface area contributed by atoms with Crippen LogP contribution >= 0.6 is 0 Å². The van der Waals surface area contributed by atoms with Crippen LogP contribution in [0.2, 0.25) is 0 Å². The highest BCUT2D eigenvalue weighted by atomic mass is 16.2. The fraction of sp³-hybridized carbons (Fsp3) is 0.500. The summed E-state index contributed by atoms with van der Waals surface area (Å²) in [6.45, 7) is 6.15. The molecule has 100 valence electrons. The minimum absolute atomic E-state index is 0.00238. The second kappa shape index (κ2) is 6.40. The molecule has 0 bridgehead atoms. The van der Waals surface area contributed by atoms with Gasteiger partial charge in [0.15, 0.2) is 0 Å². The van der Waals surface area contributed by atoms with Gasteiger partial charge >= 0.3 is 0 Å². The Labute approximate surface area is 109 Å². The van der Waals surface area contributed by atoms with Crippen molar-refractivity contribution in [3.8, 4) is 0 Å². The fourth-order valence-electron chi connectivity index (χ4n) is 1.67. The van der Waals surface area contributed by atoms with Crippen LogP contribution in [0.15, 0.2) is 24.3 Å². The largest absolute Gasteiger partial charge is 0.399 e. The third-order valence-corrected chi connectivity index (χ3v) is 3.45. The van der Waals surface area contributed by atoms with Crippen molar-refractivity contribution in [3.63, 3.8) is 0 Å². The summed E-state index contributed by atoms with van der Waals surface area (Å²) in [5, 5.41) is 2.89. The Morgan fingerprint density at radius 1 is 1.33 bits per heavy atom. The number of hydrogen-bond donors (Lipinski definition) is 2. The first kappa shape index (κ1) is 14.5. The summed E-state index contributed by atoms with van der Waals surface area (Å²) < 4.78 is 0. The van der Waals surface area contributed by atoms with E-state index in [1.807, 2.05) is 26.1 Å². The molecule has 2 unspecified atom stereocenters. The molecule has 0 saturated carbocycles. The molecule has 0 fully saturated rings. The standard InChI is InChI=1S/C14H23N3O/c1-5-10(2)17(4)11(3)14(18)16-13-8-6-12(15)7-9-13/h6-11H,5,15H2,1-4H3,(H,16,18). The molecule has 0 aromatic heterocycles. The number of benzene rings is 1. The maximum atomic E-state index is 12.1. The highest BCUT2D eigenvalue weighted by Crippen LogP contribution is 2.12. The average Bonchev–Trinajstić information content (AvgIpc) is 2.38. The van der Waals surface area contributed by atoms with Crippen LogP contribution in [0.5, 0.6) is 0 Å². The van der Waals surface area contributed by atoms with Gasteiger partial charge < -0.3 is 11.1 Å². The van der Waals surface area contributed by atoms with E-state index in [1.54, 1.807) is 12.1 Å². The van der Waals surface area contributed by atoms with E-state index in [9.17, 15) is 4.79 Å². The maximum Gasteiger partial charge on any atom is 0.241 e. The van der Waals surface area contributed by atoms with Crippen molar-refractivity contribution < 1.29 is 4.79 Å². The van der Waals surface area contributed by atoms with Crippen molar-refractivity contribution >= 4 is 17.3 Å². The molecule has 0 heterocycles. The Bertz CT molecular complexity index is 389. The summed E-state index contributed by atoms with van der Waals surface area (Å²) in [4.78, 5) is 14.2. The zero-order valence-electron chi connectivity index (χ0n) is 11.6. The molecule has 4 nitrogen and oxygen atoms in total. The number of amides is 1. The number of nitrogen functional groups attached to an aromatic ring is 1. The molecule has 0 saturated heterocycles. The van der Waals surface area contributed by atoms with Gasteiger partial charge in [0, 0.05) is 17.4 Å². The van der Waals surface area contributed by atoms with Gasteiger partial charge in [0.2, 0.25) is 5.91 Å². The number of carbonyl (C=O) groups is 1. The lowest BCUT2D eigenvalue weighted by molar-refractivity contribution is -0.120. The van der Waals surface area contributed by atoms with Crippen LogP contribution in [0, 0.1) is 0 Å². The lowest BCUT2D eigenvalue weighted by atomic mass is 10.1. The Balaban J connectivity index is 2.62. The van der Waals surface area contributed by atoms with Crippen LogP contribution in [0.4, 0.5) is 11.4 Å². The zero-order valence-corrected chi connectivity index (χ0v) is 11.6. The van der Waals surface area contributed by atoms with Crippen LogP contribution in [-0.2, 0) is 4.79 Å². The molecule has 4 heteroatoms. The van der Waals surface area contributed by atoms with Crippen LogP contribution in [0.3, 0.4) is 0 Å². The Hall–Kier alpha value is -1.55. The predicted molar refractivity (Wildman–Crippen MR) is 76.5 cm³/mol. The topological polar surface area (TPSA) is 58.4 Å². The van der Waals surface area contributed by atoms with Gasteiger partial charge in [0.05, 0.1) is 6.04 Å². The third kappa shape index (κ3) is 3.74. The summed E-state index contributed by atoms with van der Waals surface area (Å²) in [5.74, 6) is 0.00238. The zero-order chi connectivity index (χ0) is 13.7. The summed E-state index contributed by atoms with van der Waals surface area (Å²) in [7, 11) is 1.97. The van der Waals surface area contributed by atoms with Gasteiger partial charge in [-0.05, 0) is 51.6 Å². The molecular formula is C14H23N3O. The molecule has 0 aliphatic rings. The van der Waals surface area contributed by atoms with E-state index in [1.165, 1.54) is 0 Å². The van der Waals surface area contributed by atoms with Gasteiger partial charge in [0.25, 0.3) is 0 Å². The molecule has 1 rings (SSSR count). The number of hydrogen-bond acceptors (Lipinski definition) is 3. The molecule has 0 aliphatic heterocycles. The van der Waals surface area contributed by atoms with Crippen molar-refractivity contribution in [1.29, 1.82) is 0 Å². The second-order valence-electron chi connectivity index (χ2n) is 4.71. The SMILES string of the molecule is CCC(C)N(C)C(C)C(=O)Nc1ccc(N)cc1. The molecule has 0 radical (unpaired) electrons. The Kier molecular flexibility index (Phi) is 5.16. The smallest absolute Gasteiger partial charge is 0.241 e. The van der Waals surface area contributed by atoms with Crippen molar-refractivity contribution in [2.75, 3.05) is 18.1 Å². The molecule has 3 N–H and O–H groups in total. The third-order valence-electron chi connectivity index (χ3n) is 3.45. The van der Waals surface area contributed by atoms with Gasteiger partial charge in [-0.15, -0.1) is 0 Å². The lowest BCUT2D eigenvalue weighted by Gasteiger charge is -2.29. The van der Waals surface area contributed by atoms with Crippen molar-refractivity contribution in [3.05, 3.63) is 24.3 Å². The van der Waals surface area contributed by atoms with Crippen molar-refractivity contribution in [2.24, 2.45) is 0 Å². The molecule has 1 aromatic carbocycles. The Morgan fingerprint density at radius 2 is 1.89 bits per heavy atom. The molecule has 0 aliphatic carbocycles. The van der Waals surface area contributed by atoms with Gasteiger partial charge in [-0.2, -0.15) is 0 Å². The highest BCUT2D eigenvalue weighted by Gasteiger charge is 2.21. The fourth-order valence-corrected chi connectivity index (χ4v) is 1.67. The van der Waals surface area contributed by atoms with Crippen LogP contribution < -0.4 is 11.1 Å². The van der Waals surface area contributed by atoms with Gasteiger partial charge in [-0.25, -0.2) is 0 Å². The van der Waals surface area contributed by atoms with E-state index in [0.717, 1.165) is 12.1 Å². The van der Waals surface area contributed by atoms with Crippen molar-refractivity contribution in [2.45, 2.75) is 39.3 Å². The summed E-state index contributed by atoms with van der Waals surface area (Å²) in [6, 6.07) is 7.40. The summed E-state index contributed by atoms with van der Waals surface area (Å²) in [6.07, 6.45) is 1.02. The Morgan fingerprint density at radius 3 is 2.39 bits per heavy atom. The molecular weight excluding hydrogens is 226 g/mol. The number of nitrogens with one attached hydrogen (secondary N) is 1. The highest BCUT2D eigenvalue weighted by molar-refractivity contribution is 5.94. The van der Waals surface area contributed by atoms with Crippen LogP contribution in [0.25, 0.3) is 0 Å². The van der Waals surface area contributed by atoms with Crippen LogP contribution in [0.1, 0.15) is 27.2 Å². The molecule has 2 atom stereocenters. The molecule has 0 spiro atoms. The van der Waals surface area contributed by atoms with Gasteiger partial charge in [-0.1, -0.05) is 6.92 Å². The molecule has 1 amide bonds. The molecule has 1 aromatic rings. The first-order valence-electron chi connectivity index (χ1n) is 6.34. The normalized spacial score (nSPS) is 14.3. The summed E-state index contributed by atoms with van der Waals surface area (Å²) >= 11 is 0. The van der Waals surface area contributed by atoms with E-state index >= 15 is 0 Å².